The minimum absolute atomic E-state index is 0.0183. The molecule has 24 heavy (non-hydrogen) atoms. The molecule has 2 rings (SSSR count). The number of ether oxygens (including phenoxy) is 2. The zero-order valence-electron chi connectivity index (χ0n) is 13.3. The molecule has 0 aromatic heterocycles. The van der Waals surface area contributed by atoms with E-state index in [1.54, 1.807) is 24.3 Å². The molecular formula is C16H23NO7. The average molecular weight is 341 g/mol. The van der Waals surface area contributed by atoms with Gasteiger partial charge in [0.05, 0.1) is 19.1 Å². The molecule has 1 amide bonds. The lowest BCUT2D eigenvalue weighted by Crippen LogP contribution is -2.59. The molecule has 0 bridgehead atoms. The van der Waals surface area contributed by atoms with Gasteiger partial charge in [-0.25, -0.2) is 0 Å². The van der Waals surface area contributed by atoms with Gasteiger partial charge in [-0.05, 0) is 5.56 Å². The standard InChI is InChI=1S/C16H23NO7/c1-17-12(19)7-10(9-5-3-2-4-6-9)23-16-15(22)14(21)13(20)11(8-18)24-16/h2-6,10-11,13-16,18,20-22H,7-8H2,1H3,(H,17,19)/t10?,11-,13-,14+,15-,16-/m1/s1. The first-order valence-corrected chi connectivity index (χ1v) is 7.69. The van der Waals surface area contributed by atoms with Gasteiger partial charge in [0, 0.05) is 7.05 Å². The number of aliphatic hydroxyl groups is 4. The number of amides is 1. The van der Waals surface area contributed by atoms with Gasteiger partial charge in [-0.2, -0.15) is 0 Å². The van der Waals surface area contributed by atoms with E-state index in [0.717, 1.165) is 0 Å². The second kappa shape index (κ2) is 8.52. The molecule has 0 aliphatic carbocycles. The van der Waals surface area contributed by atoms with Crippen LogP contribution in [0.4, 0.5) is 0 Å². The third-order valence-corrected chi connectivity index (χ3v) is 3.97. The Morgan fingerprint density at radius 3 is 2.46 bits per heavy atom. The second-order valence-electron chi connectivity index (χ2n) is 5.61. The third kappa shape index (κ3) is 4.29. The maximum atomic E-state index is 11.7. The van der Waals surface area contributed by atoms with Crippen molar-refractivity contribution in [3.8, 4) is 0 Å². The topological polar surface area (TPSA) is 128 Å². The van der Waals surface area contributed by atoms with Crippen molar-refractivity contribution in [1.29, 1.82) is 0 Å². The molecule has 5 N–H and O–H groups in total. The summed E-state index contributed by atoms with van der Waals surface area (Å²) in [6.45, 7) is -0.545. The molecule has 0 spiro atoms. The van der Waals surface area contributed by atoms with Crippen molar-refractivity contribution in [2.24, 2.45) is 0 Å². The van der Waals surface area contributed by atoms with Crippen LogP contribution < -0.4 is 5.32 Å². The maximum absolute atomic E-state index is 11.7. The van der Waals surface area contributed by atoms with Crippen LogP contribution in [0.5, 0.6) is 0 Å². The molecule has 1 heterocycles. The first kappa shape index (κ1) is 18.8. The Morgan fingerprint density at radius 2 is 1.88 bits per heavy atom. The molecule has 1 unspecified atom stereocenters. The van der Waals surface area contributed by atoms with Crippen molar-refractivity contribution in [3.63, 3.8) is 0 Å². The summed E-state index contributed by atoms with van der Waals surface area (Å²) in [6, 6.07) is 8.90. The van der Waals surface area contributed by atoms with Gasteiger partial charge >= 0.3 is 0 Å². The molecular weight excluding hydrogens is 318 g/mol. The van der Waals surface area contributed by atoms with E-state index >= 15 is 0 Å². The number of aliphatic hydroxyl groups excluding tert-OH is 4. The fraction of sp³-hybridized carbons (Fsp3) is 0.562. The Labute approximate surface area is 139 Å². The fourth-order valence-electron chi connectivity index (χ4n) is 2.52. The highest BCUT2D eigenvalue weighted by atomic mass is 16.7. The number of benzene rings is 1. The summed E-state index contributed by atoms with van der Waals surface area (Å²) >= 11 is 0. The number of hydrogen-bond donors (Lipinski definition) is 5. The van der Waals surface area contributed by atoms with Crippen molar-refractivity contribution in [3.05, 3.63) is 35.9 Å². The molecule has 1 aromatic carbocycles. The lowest BCUT2D eigenvalue weighted by atomic mass is 9.99. The van der Waals surface area contributed by atoms with Gasteiger partial charge in [0.15, 0.2) is 6.29 Å². The summed E-state index contributed by atoms with van der Waals surface area (Å²) in [7, 11) is 1.50. The quantitative estimate of drug-likeness (QED) is 0.434. The normalized spacial score (nSPS) is 31.5. The van der Waals surface area contributed by atoms with Crippen LogP contribution in [0.25, 0.3) is 0 Å². The molecule has 134 valence electrons. The highest BCUT2D eigenvalue weighted by Gasteiger charge is 2.45. The Hall–Kier alpha value is -1.55. The molecule has 0 saturated carbocycles. The highest BCUT2D eigenvalue weighted by molar-refractivity contribution is 5.76. The summed E-state index contributed by atoms with van der Waals surface area (Å²) in [6.07, 6.45) is -7.61. The molecule has 1 aromatic rings. The van der Waals surface area contributed by atoms with Crippen molar-refractivity contribution >= 4 is 5.91 Å². The maximum Gasteiger partial charge on any atom is 0.222 e. The van der Waals surface area contributed by atoms with Crippen LogP contribution in [0.3, 0.4) is 0 Å². The van der Waals surface area contributed by atoms with Crippen LogP contribution in [0.2, 0.25) is 0 Å². The number of rotatable bonds is 6. The summed E-state index contributed by atoms with van der Waals surface area (Å²) in [5.41, 5.74) is 0.693. The highest BCUT2D eigenvalue weighted by Crippen LogP contribution is 2.29. The van der Waals surface area contributed by atoms with E-state index in [9.17, 15) is 25.2 Å². The van der Waals surface area contributed by atoms with Gasteiger partial charge in [-0.1, -0.05) is 30.3 Å². The van der Waals surface area contributed by atoms with E-state index in [1.165, 1.54) is 7.05 Å². The lowest BCUT2D eigenvalue weighted by molar-refractivity contribution is -0.312. The van der Waals surface area contributed by atoms with Crippen LogP contribution in [-0.2, 0) is 14.3 Å². The Morgan fingerprint density at radius 1 is 1.21 bits per heavy atom. The molecule has 8 heteroatoms. The Bertz CT molecular complexity index is 524. The molecule has 1 aliphatic heterocycles. The van der Waals surface area contributed by atoms with Crippen molar-refractivity contribution < 1.29 is 34.7 Å². The third-order valence-electron chi connectivity index (χ3n) is 3.97. The zero-order chi connectivity index (χ0) is 17.7. The first-order chi connectivity index (χ1) is 11.5. The van der Waals surface area contributed by atoms with Crippen LogP contribution >= 0.6 is 0 Å². The number of carbonyl (C=O) groups excluding carboxylic acids is 1. The van der Waals surface area contributed by atoms with Gasteiger partial charge in [0.25, 0.3) is 0 Å². The molecule has 0 radical (unpaired) electrons. The van der Waals surface area contributed by atoms with Crippen LogP contribution in [0.15, 0.2) is 30.3 Å². The second-order valence-corrected chi connectivity index (χ2v) is 5.61. The van der Waals surface area contributed by atoms with Crippen molar-refractivity contribution in [2.45, 2.75) is 43.2 Å². The lowest BCUT2D eigenvalue weighted by Gasteiger charge is -2.40. The SMILES string of the molecule is CNC(=O)CC(O[C@@H]1O[C@H](CO)[C@@H](O)[C@H](O)[C@H]1O)c1ccccc1. The largest absolute Gasteiger partial charge is 0.394 e. The number of hydrogen-bond acceptors (Lipinski definition) is 7. The predicted octanol–water partition coefficient (Wildman–Crippen LogP) is -1.32. The minimum Gasteiger partial charge on any atom is -0.394 e. The molecule has 1 saturated heterocycles. The molecule has 1 fully saturated rings. The Kier molecular flexibility index (Phi) is 6.67. The van der Waals surface area contributed by atoms with Gasteiger partial charge < -0.3 is 35.2 Å². The van der Waals surface area contributed by atoms with Gasteiger partial charge in [0.1, 0.15) is 24.4 Å². The van der Waals surface area contributed by atoms with E-state index in [-0.39, 0.29) is 12.3 Å². The summed E-state index contributed by atoms with van der Waals surface area (Å²) in [4.78, 5) is 11.7. The van der Waals surface area contributed by atoms with Gasteiger partial charge in [-0.3, -0.25) is 4.79 Å². The predicted molar refractivity (Wildman–Crippen MR) is 82.7 cm³/mol. The summed E-state index contributed by atoms with van der Waals surface area (Å²) in [5, 5.41) is 41.4. The van der Waals surface area contributed by atoms with E-state index in [0.29, 0.717) is 5.56 Å². The van der Waals surface area contributed by atoms with Gasteiger partial charge in [-0.15, -0.1) is 0 Å². The van der Waals surface area contributed by atoms with E-state index < -0.39 is 43.4 Å². The van der Waals surface area contributed by atoms with Crippen molar-refractivity contribution in [2.75, 3.05) is 13.7 Å². The number of carbonyl (C=O) groups is 1. The molecule has 8 nitrogen and oxygen atoms in total. The van der Waals surface area contributed by atoms with Crippen LogP contribution in [0.1, 0.15) is 18.1 Å². The average Bonchev–Trinajstić information content (AvgIpc) is 2.61. The van der Waals surface area contributed by atoms with E-state index in [1.807, 2.05) is 6.07 Å². The van der Waals surface area contributed by atoms with Crippen LogP contribution in [0, 0.1) is 0 Å². The summed E-state index contributed by atoms with van der Waals surface area (Å²) in [5.74, 6) is -0.270. The zero-order valence-corrected chi connectivity index (χ0v) is 13.3. The Balaban J connectivity index is 2.17. The molecule has 1 aliphatic rings. The number of nitrogens with one attached hydrogen (secondary N) is 1. The van der Waals surface area contributed by atoms with E-state index in [2.05, 4.69) is 5.32 Å². The molecule has 6 atom stereocenters. The minimum atomic E-state index is -1.53. The fourth-order valence-corrected chi connectivity index (χ4v) is 2.52. The van der Waals surface area contributed by atoms with Crippen molar-refractivity contribution in [1.82, 2.24) is 5.32 Å². The van der Waals surface area contributed by atoms with E-state index in [4.69, 9.17) is 9.47 Å². The monoisotopic (exact) mass is 341 g/mol. The smallest absolute Gasteiger partial charge is 0.222 e. The van der Waals surface area contributed by atoms with Gasteiger partial charge in [0.2, 0.25) is 5.91 Å². The van der Waals surface area contributed by atoms with Crippen LogP contribution in [-0.4, -0.2) is 70.7 Å². The first-order valence-electron chi connectivity index (χ1n) is 7.69. The summed E-state index contributed by atoms with van der Waals surface area (Å²) < 4.78 is 11.0.